The molecule has 0 atom stereocenters. The molecule has 0 fully saturated rings. The predicted octanol–water partition coefficient (Wildman–Crippen LogP) is 4.08. The van der Waals surface area contributed by atoms with Gasteiger partial charge in [-0.05, 0) is 60.2 Å². The van der Waals surface area contributed by atoms with Gasteiger partial charge < -0.3 is 14.8 Å². The highest BCUT2D eigenvalue weighted by Crippen LogP contribution is 2.31. The van der Waals surface area contributed by atoms with Crippen molar-refractivity contribution in [1.29, 1.82) is 0 Å². The number of carbonyl (C=O) groups is 2. The normalized spacial score (nSPS) is 12.0. The molecule has 4 rings (SSSR count). The number of anilines is 1. The lowest BCUT2D eigenvalue weighted by molar-refractivity contribution is 0.0953. The summed E-state index contributed by atoms with van der Waals surface area (Å²) in [6.45, 7) is 0.191. The molecule has 3 aromatic rings. The van der Waals surface area contributed by atoms with Crippen LogP contribution in [-0.4, -0.2) is 24.8 Å². The molecule has 0 unspecified atom stereocenters. The van der Waals surface area contributed by atoms with Crippen LogP contribution in [0.1, 0.15) is 26.3 Å². The van der Waals surface area contributed by atoms with Crippen LogP contribution >= 0.6 is 11.6 Å². The van der Waals surface area contributed by atoms with Gasteiger partial charge in [-0.3, -0.25) is 9.59 Å². The molecule has 0 bridgehead atoms. The fourth-order valence-electron chi connectivity index (χ4n) is 2.79. The van der Waals surface area contributed by atoms with E-state index < -0.39 is 5.91 Å². The zero-order chi connectivity index (χ0) is 20.9. The van der Waals surface area contributed by atoms with Crippen LogP contribution in [0.5, 0.6) is 11.5 Å². The Hall–Kier alpha value is -3.84. The predicted molar refractivity (Wildman–Crippen MR) is 113 cm³/mol. The molecular weight excluding hydrogens is 406 g/mol. The van der Waals surface area contributed by atoms with Crippen LogP contribution in [-0.2, 0) is 0 Å². The minimum atomic E-state index is -0.411. The molecule has 0 radical (unpaired) electrons. The molecule has 0 spiro atoms. The van der Waals surface area contributed by atoms with E-state index in [0.29, 0.717) is 33.3 Å². The molecule has 7 nitrogen and oxygen atoms in total. The highest BCUT2D eigenvalue weighted by molar-refractivity contribution is 6.31. The highest BCUT2D eigenvalue weighted by atomic mass is 35.5. The van der Waals surface area contributed by atoms with Gasteiger partial charge in [0.15, 0.2) is 11.5 Å². The monoisotopic (exact) mass is 421 g/mol. The third-order valence-corrected chi connectivity index (χ3v) is 4.48. The van der Waals surface area contributed by atoms with Gasteiger partial charge in [0.05, 0.1) is 6.21 Å². The summed E-state index contributed by atoms with van der Waals surface area (Å²) >= 11 is 5.92. The third-order valence-electron chi connectivity index (χ3n) is 4.25. The van der Waals surface area contributed by atoms with Crippen LogP contribution in [0.4, 0.5) is 5.69 Å². The van der Waals surface area contributed by atoms with E-state index in [1.807, 2.05) is 0 Å². The van der Waals surface area contributed by atoms with Crippen LogP contribution in [0, 0.1) is 0 Å². The number of nitrogens with zero attached hydrogens (tertiary/aromatic N) is 1. The van der Waals surface area contributed by atoms with Crippen molar-refractivity contribution < 1.29 is 19.1 Å². The number of halogens is 1. The zero-order valence-corrected chi connectivity index (χ0v) is 16.3. The lowest BCUT2D eigenvalue weighted by Crippen LogP contribution is -2.18. The Kier molecular flexibility index (Phi) is 5.63. The summed E-state index contributed by atoms with van der Waals surface area (Å²) in [5.74, 6) is 0.572. The summed E-state index contributed by atoms with van der Waals surface area (Å²) in [4.78, 5) is 24.7. The largest absolute Gasteiger partial charge is 0.454 e. The van der Waals surface area contributed by atoms with Gasteiger partial charge in [-0.2, -0.15) is 5.10 Å². The van der Waals surface area contributed by atoms with Crippen molar-refractivity contribution in [2.75, 3.05) is 12.1 Å². The molecular formula is C22H16ClN3O4. The molecule has 0 saturated heterocycles. The third kappa shape index (κ3) is 4.59. The minimum Gasteiger partial charge on any atom is -0.454 e. The molecule has 150 valence electrons. The van der Waals surface area contributed by atoms with E-state index >= 15 is 0 Å². The van der Waals surface area contributed by atoms with Gasteiger partial charge in [0.1, 0.15) is 0 Å². The molecule has 1 heterocycles. The second kappa shape index (κ2) is 8.67. The Bertz CT molecular complexity index is 1150. The Morgan fingerprint density at radius 2 is 1.67 bits per heavy atom. The maximum Gasteiger partial charge on any atom is 0.271 e. The molecule has 2 N–H and O–H groups in total. The van der Waals surface area contributed by atoms with Crippen molar-refractivity contribution in [2.45, 2.75) is 0 Å². The van der Waals surface area contributed by atoms with Gasteiger partial charge in [-0.15, -0.1) is 0 Å². The van der Waals surface area contributed by atoms with Crippen molar-refractivity contribution in [3.8, 4) is 11.5 Å². The summed E-state index contributed by atoms with van der Waals surface area (Å²) in [5, 5.41) is 7.18. The van der Waals surface area contributed by atoms with Crippen molar-refractivity contribution in [3.05, 3.63) is 88.4 Å². The van der Waals surface area contributed by atoms with Crippen LogP contribution in [0.2, 0.25) is 5.02 Å². The van der Waals surface area contributed by atoms with E-state index in [4.69, 9.17) is 21.1 Å². The van der Waals surface area contributed by atoms with E-state index in [-0.39, 0.29) is 12.7 Å². The molecule has 8 heteroatoms. The van der Waals surface area contributed by atoms with Crippen LogP contribution < -0.4 is 20.2 Å². The van der Waals surface area contributed by atoms with Gasteiger partial charge in [-0.1, -0.05) is 23.7 Å². The fraction of sp³-hybridized carbons (Fsp3) is 0.0455. The summed E-state index contributed by atoms with van der Waals surface area (Å²) in [6.07, 6.45) is 1.50. The second-order valence-electron chi connectivity index (χ2n) is 6.36. The first-order chi connectivity index (χ1) is 14.6. The number of hydrogen-bond donors (Lipinski definition) is 2. The lowest BCUT2D eigenvalue weighted by Gasteiger charge is -2.07. The standard InChI is InChI=1S/C22H16ClN3O4/c23-17-5-1-3-15(10-17)21(27)25-18-6-2-4-16(11-18)22(28)26-24-12-14-7-8-19-20(9-14)30-13-29-19/h1-12H,13H2,(H,25,27)(H,26,28). The highest BCUT2D eigenvalue weighted by Gasteiger charge is 2.13. The number of nitrogens with one attached hydrogen (secondary N) is 2. The second-order valence-corrected chi connectivity index (χ2v) is 6.79. The lowest BCUT2D eigenvalue weighted by atomic mass is 10.1. The summed E-state index contributed by atoms with van der Waals surface area (Å²) in [6, 6.07) is 18.5. The Morgan fingerprint density at radius 1 is 0.900 bits per heavy atom. The van der Waals surface area contributed by atoms with Gasteiger partial charge in [0.2, 0.25) is 6.79 Å². The van der Waals surface area contributed by atoms with Gasteiger partial charge in [-0.25, -0.2) is 5.43 Å². The quantitative estimate of drug-likeness (QED) is 0.479. The van der Waals surface area contributed by atoms with Crippen LogP contribution in [0.3, 0.4) is 0 Å². The van der Waals surface area contributed by atoms with Gasteiger partial charge >= 0.3 is 0 Å². The Balaban J connectivity index is 1.39. The molecule has 1 aliphatic rings. The van der Waals surface area contributed by atoms with Crippen LogP contribution in [0.15, 0.2) is 71.8 Å². The number of ether oxygens (including phenoxy) is 2. The maximum atomic E-state index is 12.4. The number of hydrogen-bond acceptors (Lipinski definition) is 5. The smallest absolute Gasteiger partial charge is 0.271 e. The summed E-state index contributed by atoms with van der Waals surface area (Å²) in [7, 11) is 0. The molecule has 0 aromatic heterocycles. The first-order valence-electron chi connectivity index (χ1n) is 8.98. The van der Waals surface area contributed by atoms with Crippen molar-refractivity contribution in [3.63, 3.8) is 0 Å². The van der Waals surface area contributed by atoms with E-state index in [1.165, 1.54) is 6.21 Å². The number of rotatable bonds is 5. The summed E-state index contributed by atoms with van der Waals surface area (Å²) in [5.41, 5.74) is 4.46. The molecule has 0 saturated carbocycles. The fourth-order valence-corrected chi connectivity index (χ4v) is 2.98. The van der Waals surface area contributed by atoms with E-state index in [2.05, 4.69) is 15.8 Å². The summed E-state index contributed by atoms with van der Waals surface area (Å²) < 4.78 is 10.6. The average Bonchev–Trinajstić information content (AvgIpc) is 3.22. The van der Waals surface area contributed by atoms with Crippen molar-refractivity contribution >= 4 is 35.3 Å². The van der Waals surface area contributed by atoms with Gasteiger partial charge in [0, 0.05) is 21.8 Å². The Morgan fingerprint density at radius 3 is 2.50 bits per heavy atom. The topological polar surface area (TPSA) is 89.0 Å². The molecule has 3 aromatic carbocycles. The average molecular weight is 422 g/mol. The minimum absolute atomic E-state index is 0.191. The first kappa shape index (κ1) is 19.5. The Labute approximate surface area is 177 Å². The van der Waals surface area contributed by atoms with E-state index in [0.717, 1.165) is 5.56 Å². The van der Waals surface area contributed by atoms with E-state index in [9.17, 15) is 9.59 Å². The molecule has 0 aliphatic carbocycles. The molecule has 30 heavy (non-hydrogen) atoms. The molecule has 1 aliphatic heterocycles. The number of amides is 2. The SMILES string of the molecule is O=C(NN=Cc1ccc2c(c1)OCO2)c1cccc(NC(=O)c2cccc(Cl)c2)c1. The maximum absolute atomic E-state index is 12.4. The number of hydrazone groups is 1. The van der Waals surface area contributed by atoms with E-state index in [1.54, 1.807) is 66.7 Å². The van der Waals surface area contributed by atoms with Crippen molar-refractivity contribution in [1.82, 2.24) is 5.43 Å². The van der Waals surface area contributed by atoms with Crippen molar-refractivity contribution in [2.24, 2.45) is 5.10 Å². The first-order valence-corrected chi connectivity index (χ1v) is 9.36. The van der Waals surface area contributed by atoms with Gasteiger partial charge in [0.25, 0.3) is 11.8 Å². The zero-order valence-electron chi connectivity index (χ0n) is 15.6. The van der Waals surface area contributed by atoms with Crippen LogP contribution in [0.25, 0.3) is 0 Å². The molecule has 2 amide bonds. The number of carbonyl (C=O) groups excluding carboxylic acids is 2. The number of fused-ring (bicyclic) bond motifs is 1. The number of benzene rings is 3.